The van der Waals surface area contributed by atoms with E-state index in [1.54, 1.807) is 0 Å². The quantitative estimate of drug-likeness (QED) is 0.0321. The maximum Gasteiger partial charge on any atom is 0.305 e. The summed E-state index contributed by atoms with van der Waals surface area (Å²) in [6, 6.07) is -0.543. The molecule has 6 nitrogen and oxygen atoms in total. The van der Waals surface area contributed by atoms with Gasteiger partial charge in [-0.2, -0.15) is 0 Å². The zero-order valence-electron chi connectivity index (χ0n) is 47.3. The van der Waals surface area contributed by atoms with Gasteiger partial charge in [0.2, 0.25) is 5.91 Å². The fraction of sp³-hybridized carbons (Fsp3) is 0.906. The van der Waals surface area contributed by atoms with E-state index in [4.69, 9.17) is 4.74 Å². The Balaban J connectivity index is 3.40. The van der Waals surface area contributed by atoms with Crippen LogP contribution in [0.15, 0.2) is 24.3 Å². The van der Waals surface area contributed by atoms with Gasteiger partial charge in [-0.05, 0) is 77.0 Å². The lowest BCUT2D eigenvalue weighted by atomic mass is 10.0. The van der Waals surface area contributed by atoms with E-state index in [0.29, 0.717) is 25.9 Å². The lowest BCUT2D eigenvalue weighted by Gasteiger charge is -2.22. The van der Waals surface area contributed by atoms with E-state index < -0.39 is 12.1 Å². The Kier molecular flexibility index (Phi) is 58.5. The number of allylic oxidation sites excluding steroid dienone is 4. The van der Waals surface area contributed by atoms with Gasteiger partial charge in [-0.15, -0.1) is 0 Å². The molecular formula is C64H123NO5. The number of aliphatic hydroxyl groups excluding tert-OH is 2. The van der Waals surface area contributed by atoms with Crippen LogP contribution in [0.25, 0.3) is 0 Å². The third-order valence-electron chi connectivity index (χ3n) is 14.7. The van der Waals surface area contributed by atoms with Crippen molar-refractivity contribution in [1.29, 1.82) is 0 Å². The van der Waals surface area contributed by atoms with Crippen LogP contribution in [0.4, 0.5) is 0 Å². The summed E-state index contributed by atoms with van der Waals surface area (Å²) in [6.45, 7) is 4.95. The molecule has 0 heterocycles. The van der Waals surface area contributed by atoms with Crippen LogP contribution >= 0.6 is 0 Å². The molecule has 0 aliphatic heterocycles. The number of aliphatic hydroxyl groups is 2. The number of rotatable bonds is 59. The fourth-order valence-corrected chi connectivity index (χ4v) is 9.87. The smallest absolute Gasteiger partial charge is 0.305 e. The number of carbonyl (C=O) groups excluding carboxylic acids is 2. The third-order valence-corrected chi connectivity index (χ3v) is 14.7. The molecule has 0 aromatic carbocycles. The standard InChI is InChI=1S/C64H123NO5/c1-3-5-7-9-11-13-15-17-18-30-33-36-40-44-48-52-56-62(67)61(60-66)65-63(68)57-53-49-45-41-37-34-31-28-26-24-22-20-19-21-23-25-27-29-32-35-39-43-47-51-55-59-70-64(69)58-54-50-46-42-38-16-14-12-10-8-6-4-2/h12,14,20,22,61-62,66-67H,3-11,13,15-19,21,23-60H2,1-2H3,(H,65,68)/b14-12-,22-20-. The fourth-order valence-electron chi connectivity index (χ4n) is 9.87. The number of ether oxygens (including phenoxy) is 1. The van der Waals surface area contributed by atoms with Crippen LogP contribution in [0.3, 0.4) is 0 Å². The van der Waals surface area contributed by atoms with E-state index in [1.807, 2.05) is 0 Å². The van der Waals surface area contributed by atoms with Crippen LogP contribution < -0.4 is 5.32 Å². The number of amides is 1. The lowest BCUT2D eigenvalue weighted by molar-refractivity contribution is -0.143. The molecule has 0 aromatic heterocycles. The number of carbonyl (C=O) groups is 2. The Bertz CT molecular complexity index is 1090. The lowest BCUT2D eigenvalue weighted by Crippen LogP contribution is -2.45. The summed E-state index contributed by atoms with van der Waals surface area (Å²) >= 11 is 0. The first kappa shape index (κ1) is 68.3. The second kappa shape index (κ2) is 59.9. The minimum absolute atomic E-state index is 0.00366. The van der Waals surface area contributed by atoms with Gasteiger partial charge in [-0.25, -0.2) is 0 Å². The summed E-state index contributed by atoms with van der Waals surface area (Å²) in [5.74, 6) is -0.0321. The minimum atomic E-state index is -0.666. The molecule has 0 saturated carbocycles. The molecule has 0 rings (SSSR count). The average Bonchev–Trinajstić information content (AvgIpc) is 3.36. The van der Waals surface area contributed by atoms with Crippen LogP contribution in [0.5, 0.6) is 0 Å². The second-order valence-corrected chi connectivity index (χ2v) is 21.7. The highest BCUT2D eigenvalue weighted by molar-refractivity contribution is 5.76. The Hall–Kier alpha value is -1.66. The van der Waals surface area contributed by atoms with E-state index >= 15 is 0 Å². The van der Waals surface area contributed by atoms with E-state index in [0.717, 1.165) is 44.9 Å². The van der Waals surface area contributed by atoms with E-state index in [2.05, 4.69) is 43.5 Å². The monoisotopic (exact) mass is 986 g/mol. The molecule has 2 unspecified atom stereocenters. The summed E-state index contributed by atoms with van der Waals surface area (Å²) in [5, 5.41) is 23.3. The molecule has 0 saturated heterocycles. The predicted octanol–water partition coefficient (Wildman–Crippen LogP) is 19.8. The van der Waals surface area contributed by atoms with Gasteiger partial charge in [0.1, 0.15) is 0 Å². The molecule has 3 N–H and O–H groups in total. The van der Waals surface area contributed by atoms with Crippen molar-refractivity contribution >= 4 is 11.9 Å². The molecule has 0 spiro atoms. The van der Waals surface area contributed by atoms with Gasteiger partial charge in [0, 0.05) is 12.8 Å². The molecule has 0 aliphatic carbocycles. The van der Waals surface area contributed by atoms with Crippen molar-refractivity contribution in [2.24, 2.45) is 0 Å². The maximum atomic E-state index is 12.5. The van der Waals surface area contributed by atoms with Crippen molar-refractivity contribution in [3.05, 3.63) is 24.3 Å². The van der Waals surface area contributed by atoms with Gasteiger partial charge in [0.15, 0.2) is 0 Å². The van der Waals surface area contributed by atoms with Crippen LogP contribution in [-0.2, 0) is 14.3 Å². The molecule has 2 atom stereocenters. The molecule has 0 fully saturated rings. The van der Waals surface area contributed by atoms with E-state index in [-0.39, 0.29) is 18.5 Å². The van der Waals surface area contributed by atoms with E-state index in [1.165, 1.54) is 270 Å². The first-order chi connectivity index (χ1) is 34.5. The van der Waals surface area contributed by atoms with Crippen molar-refractivity contribution in [2.75, 3.05) is 13.2 Å². The van der Waals surface area contributed by atoms with Gasteiger partial charge < -0.3 is 20.3 Å². The number of esters is 1. The van der Waals surface area contributed by atoms with Crippen molar-refractivity contribution in [3.8, 4) is 0 Å². The first-order valence-electron chi connectivity index (χ1n) is 31.6. The summed E-state index contributed by atoms with van der Waals surface area (Å²) in [5.41, 5.74) is 0. The van der Waals surface area contributed by atoms with Crippen molar-refractivity contribution in [1.82, 2.24) is 5.32 Å². The first-order valence-corrected chi connectivity index (χ1v) is 31.6. The molecule has 0 aromatic rings. The number of unbranched alkanes of at least 4 members (excludes halogenated alkanes) is 44. The molecule has 6 heteroatoms. The highest BCUT2D eigenvalue weighted by Gasteiger charge is 2.20. The van der Waals surface area contributed by atoms with Crippen molar-refractivity contribution in [2.45, 2.75) is 360 Å². The van der Waals surface area contributed by atoms with Crippen molar-refractivity contribution in [3.63, 3.8) is 0 Å². The predicted molar refractivity (Wildman–Crippen MR) is 306 cm³/mol. The minimum Gasteiger partial charge on any atom is -0.466 e. The van der Waals surface area contributed by atoms with Gasteiger partial charge in [0.05, 0.1) is 25.4 Å². The maximum absolute atomic E-state index is 12.5. The highest BCUT2D eigenvalue weighted by atomic mass is 16.5. The number of hydrogen-bond acceptors (Lipinski definition) is 5. The highest BCUT2D eigenvalue weighted by Crippen LogP contribution is 2.18. The van der Waals surface area contributed by atoms with Gasteiger partial charge in [-0.3, -0.25) is 9.59 Å². The molecule has 0 bridgehead atoms. The molecule has 70 heavy (non-hydrogen) atoms. The molecule has 0 aliphatic rings. The molecular weight excluding hydrogens is 863 g/mol. The Morgan fingerprint density at radius 3 is 1.04 bits per heavy atom. The van der Waals surface area contributed by atoms with Crippen LogP contribution in [0.1, 0.15) is 348 Å². The zero-order valence-corrected chi connectivity index (χ0v) is 47.3. The Labute approximate surface area is 437 Å². The topological polar surface area (TPSA) is 95.9 Å². The largest absolute Gasteiger partial charge is 0.466 e. The third kappa shape index (κ3) is 55.7. The van der Waals surface area contributed by atoms with E-state index in [9.17, 15) is 19.8 Å². The summed E-state index contributed by atoms with van der Waals surface area (Å²) in [7, 11) is 0. The number of nitrogens with one attached hydrogen (secondary N) is 1. The number of hydrogen-bond donors (Lipinski definition) is 3. The molecule has 414 valence electrons. The summed E-state index contributed by atoms with van der Waals surface area (Å²) in [4.78, 5) is 24.5. The second-order valence-electron chi connectivity index (χ2n) is 21.7. The normalized spacial score (nSPS) is 12.7. The van der Waals surface area contributed by atoms with Crippen molar-refractivity contribution < 1.29 is 24.5 Å². The van der Waals surface area contributed by atoms with Crippen LogP contribution in [-0.4, -0.2) is 47.4 Å². The average molecular weight is 987 g/mol. The zero-order chi connectivity index (χ0) is 50.7. The van der Waals surface area contributed by atoms with Crippen LogP contribution in [0, 0.1) is 0 Å². The summed E-state index contributed by atoms with van der Waals surface area (Å²) < 4.78 is 5.47. The van der Waals surface area contributed by atoms with Gasteiger partial charge in [0.25, 0.3) is 0 Å². The Morgan fingerprint density at radius 2 is 0.671 bits per heavy atom. The van der Waals surface area contributed by atoms with Gasteiger partial charge in [-0.1, -0.05) is 282 Å². The van der Waals surface area contributed by atoms with Crippen LogP contribution in [0.2, 0.25) is 0 Å². The SMILES string of the molecule is CCCCC/C=C\CCCCCCCC(=O)OCCCCCCCCCCCCCC/C=C\CCCCCCCCCCCC(=O)NC(CO)C(O)CCCCCCCCCCCCCCCCCC. The summed E-state index contributed by atoms with van der Waals surface area (Å²) in [6.07, 6.45) is 73.3. The molecule has 1 amide bonds. The Morgan fingerprint density at radius 1 is 0.386 bits per heavy atom. The molecule has 0 radical (unpaired) electrons. The van der Waals surface area contributed by atoms with Gasteiger partial charge >= 0.3 is 5.97 Å².